The summed E-state index contributed by atoms with van der Waals surface area (Å²) in [5, 5.41) is 5.73. The standard InChI is InChI=1S/C21H31N3O6/c1-5-29-21(27)24-10-8-16(9-11-24)23-20(26)15-6-7-17(18(12-15)28-4)30-13-19(25)22-14(2)3/h6-7,12,14,16H,5,8-11,13H2,1-4H3,(H,22,25)(H,23,26). The molecule has 1 aliphatic heterocycles. The van der Waals surface area contributed by atoms with E-state index < -0.39 is 0 Å². The number of hydrogen-bond donors (Lipinski definition) is 2. The lowest BCUT2D eigenvalue weighted by Crippen LogP contribution is -2.46. The minimum absolute atomic E-state index is 0.0233. The van der Waals surface area contributed by atoms with Gasteiger partial charge in [0.2, 0.25) is 0 Å². The van der Waals surface area contributed by atoms with Gasteiger partial charge in [0.05, 0.1) is 13.7 Å². The molecule has 0 atom stereocenters. The predicted molar refractivity (Wildman–Crippen MR) is 111 cm³/mol. The molecule has 9 nitrogen and oxygen atoms in total. The number of piperidine rings is 1. The van der Waals surface area contributed by atoms with Crippen molar-refractivity contribution >= 4 is 17.9 Å². The highest BCUT2D eigenvalue weighted by Crippen LogP contribution is 2.28. The first-order chi connectivity index (χ1) is 14.3. The topological polar surface area (TPSA) is 106 Å². The number of methoxy groups -OCH3 is 1. The molecule has 2 N–H and O–H groups in total. The molecule has 1 aliphatic rings. The summed E-state index contributed by atoms with van der Waals surface area (Å²) in [4.78, 5) is 37.8. The maximum atomic E-state index is 12.6. The first-order valence-electron chi connectivity index (χ1n) is 10.2. The second-order valence-electron chi connectivity index (χ2n) is 7.31. The van der Waals surface area contributed by atoms with E-state index in [0.717, 1.165) is 0 Å². The average Bonchev–Trinajstić information content (AvgIpc) is 2.72. The number of nitrogens with one attached hydrogen (secondary N) is 2. The first kappa shape index (κ1) is 23.3. The molecule has 0 aliphatic carbocycles. The largest absolute Gasteiger partial charge is 0.493 e. The van der Waals surface area contributed by atoms with Gasteiger partial charge in [0, 0.05) is 30.7 Å². The van der Waals surface area contributed by atoms with E-state index in [9.17, 15) is 14.4 Å². The molecule has 0 bridgehead atoms. The van der Waals surface area contributed by atoms with Gasteiger partial charge in [-0.15, -0.1) is 0 Å². The Bertz CT molecular complexity index is 744. The third-order valence-corrected chi connectivity index (χ3v) is 4.59. The van der Waals surface area contributed by atoms with Crippen molar-refractivity contribution in [2.45, 2.75) is 45.7 Å². The maximum Gasteiger partial charge on any atom is 0.409 e. The van der Waals surface area contributed by atoms with Crippen LogP contribution in [0, 0.1) is 0 Å². The zero-order valence-corrected chi connectivity index (χ0v) is 18.0. The quantitative estimate of drug-likeness (QED) is 0.665. The Labute approximate surface area is 177 Å². The molecule has 2 rings (SSSR count). The molecule has 0 spiro atoms. The Hall–Kier alpha value is -2.97. The van der Waals surface area contributed by atoms with Crippen molar-refractivity contribution in [3.8, 4) is 11.5 Å². The molecule has 1 saturated heterocycles. The van der Waals surface area contributed by atoms with Gasteiger partial charge in [0.15, 0.2) is 18.1 Å². The molecule has 30 heavy (non-hydrogen) atoms. The van der Waals surface area contributed by atoms with Crippen LogP contribution in [0.3, 0.4) is 0 Å². The van der Waals surface area contributed by atoms with Crippen LogP contribution in [0.4, 0.5) is 4.79 Å². The van der Waals surface area contributed by atoms with E-state index in [0.29, 0.717) is 49.6 Å². The molecule has 1 aromatic carbocycles. The van der Waals surface area contributed by atoms with Gasteiger partial charge in [-0.3, -0.25) is 9.59 Å². The minimum Gasteiger partial charge on any atom is -0.493 e. The van der Waals surface area contributed by atoms with Crippen LogP contribution in [0.2, 0.25) is 0 Å². The van der Waals surface area contributed by atoms with Crippen LogP contribution in [-0.2, 0) is 9.53 Å². The van der Waals surface area contributed by atoms with Gasteiger partial charge < -0.3 is 29.7 Å². The number of carbonyl (C=O) groups is 3. The predicted octanol–water partition coefficient (Wildman–Crippen LogP) is 1.95. The van der Waals surface area contributed by atoms with E-state index in [-0.39, 0.29) is 36.6 Å². The van der Waals surface area contributed by atoms with Crippen molar-refractivity contribution in [3.05, 3.63) is 23.8 Å². The average molecular weight is 421 g/mol. The van der Waals surface area contributed by atoms with Gasteiger partial charge in [-0.2, -0.15) is 0 Å². The fourth-order valence-corrected chi connectivity index (χ4v) is 3.12. The Morgan fingerprint density at radius 1 is 1.17 bits per heavy atom. The summed E-state index contributed by atoms with van der Waals surface area (Å²) in [6.45, 7) is 6.80. The molecule has 0 saturated carbocycles. The van der Waals surface area contributed by atoms with Crippen LogP contribution in [0.1, 0.15) is 44.0 Å². The fourth-order valence-electron chi connectivity index (χ4n) is 3.12. The van der Waals surface area contributed by atoms with Gasteiger partial charge in [-0.05, 0) is 51.8 Å². The Morgan fingerprint density at radius 2 is 1.87 bits per heavy atom. The molecule has 1 aromatic rings. The Balaban J connectivity index is 1.90. The van der Waals surface area contributed by atoms with Crippen LogP contribution in [0.5, 0.6) is 11.5 Å². The highest BCUT2D eigenvalue weighted by Gasteiger charge is 2.25. The van der Waals surface area contributed by atoms with E-state index in [1.807, 2.05) is 13.8 Å². The number of benzene rings is 1. The summed E-state index contributed by atoms with van der Waals surface area (Å²) in [5.41, 5.74) is 0.429. The van der Waals surface area contributed by atoms with Crippen molar-refractivity contribution in [1.82, 2.24) is 15.5 Å². The first-order valence-corrected chi connectivity index (χ1v) is 10.2. The lowest BCUT2D eigenvalue weighted by Gasteiger charge is -2.31. The van der Waals surface area contributed by atoms with Crippen molar-refractivity contribution in [2.75, 3.05) is 33.4 Å². The molecule has 9 heteroatoms. The SMILES string of the molecule is CCOC(=O)N1CCC(NC(=O)c2ccc(OCC(=O)NC(C)C)c(OC)c2)CC1. The van der Waals surface area contributed by atoms with Crippen LogP contribution >= 0.6 is 0 Å². The van der Waals surface area contributed by atoms with Crippen molar-refractivity contribution in [1.29, 1.82) is 0 Å². The van der Waals surface area contributed by atoms with E-state index in [1.165, 1.54) is 7.11 Å². The van der Waals surface area contributed by atoms with Crippen LogP contribution in [0.25, 0.3) is 0 Å². The number of carbonyl (C=O) groups excluding carboxylic acids is 3. The number of rotatable bonds is 8. The summed E-state index contributed by atoms with van der Waals surface area (Å²) >= 11 is 0. The smallest absolute Gasteiger partial charge is 0.409 e. The van der Waals surface area contributed by atoms with Crippen molar-refractivity contribution < 1.29 is 28.6 Å². The van der Waals surface area contributed by atoms with Gasteiger partial charge in [-0.25, -0.2) is 4.79 Å². The van der Waals surface area contributed by atoms with Gasteiger partial charge in [0.1, 0.15) is 0 Å². The number of amides is 3. The third-order valence-electron chi connectivity index (χ3n) is 4.59. The van der Waals surface area contributed by atoms with Gasteiger partial charge in [0.25, 0.3) is 11.8 Å². The maximum absolute atomic E-state index is 12.6. The van der Waals surface area contributed by atoms with E-state index >= 15 is 0 Å². The van der Waals surface area contributed by atoms with Gasteiger partial charge >= 0.3 is 6.09 Å². The van der Waals surface area contributed by atoms with Gasteiger partial charge in [-0.1, -0.05) is 0 Å². The number of likely N-dealkylation sites (tertiary alicyclic amines) is 1. The van der Waals surface area contributed by atoms with Crippen LogP contribution in [0.15, 0.2) is 18.2 Å². The second-order valence-corrected chi connectivity index (χ2v) is 7.31. The summed E-state index contributed by atoms with van der Waals surface area (Å²) in [7, 11) is 1.48. The van der Waals surface area contributed by atoms with Crippen LogP contribution in [-0.4, -0.2) is 68.3 Å². The molecule has 0 radical (unpaired) electrons. The highest BCUT2D eigenvalue weighted by atomic mass is 16.6. The fraction of sp³-hybridized carbons (Fsp3) is 0.571. The molecular weight excluding hydrogens is 390 g/mol. The Kier molecular flexibility index (Phi) is 8.76. The van der Waals surface area contributed by atoms with E-state index in [4.69, 9.17) is 14.2 Å². The molecule has 166 valence electrons. The van der Waals surface area contributed by atoms with E-state index in [2.05, 4.69) is 10.6 Å². The molecule has 1 fully saturated rings. The normalized spacial score (nSPS) is 14.2. The summed E-state index contributed by atoms with van der Waals surface area (Å²) in [6.07, 6.45) is 1.01. The number of nitrogens with zero attached hydrogens (tertiary/aromatic N) is 1. The summed E-state index contributed by atoms with van der Waals surface area (Å²) < 4.78 is 15.8. The van der Waals surface area contributed by atoms with E-state index in [1.54, 1.807) is 30.0 Å². The third kappa shape index (κ3) is 6.82. The lowest BCUT2D eigenvalue weighted by atomic mass is 10.0. The second kappa shape index (κ2) is 11.3. The molecule has 0 unspecified atom stereocenters. The number of hydrogen-bond acceptors (Lipinski definition) is 6. The summed E-state index contributed by atoms with van der Waals surface area (Å²) in [5.74, 6) is 0.294. The lowest BCUT2D eigenvalue weighted by molar-refractivity contribution is -0.123. The van der Waals surface area contributed by atoms with Crippen molar-refractivity contribution in [2.24, 2.45) is 0 Å². The monoisotopic (exact) mass is 421 g/mol. The summed E-state index contributed by atoms with van der Waals surface area (Å²) in [6, 6.07) is 4.82. The minimum atomic E-state index is -0.315. The number of ether oxygens (including phenoxy) is 3. The zero-order chi connectivity index (χ0) is 22.1. The molecule has 3 amide bonds. The highest BCUT2D eigenvalue weighted by molar-refractivity contribution is 5.95. The molecular formula is C21H31N3O6. The molecule has 0 aromatic heterocycles. The molecule has 1 heterocycles. The zero-order valence-electron chi connectivity index (χ0n) is 18.0. The van der Waals surface area contributed by atoms with Crippen LogP contribution < -0.4 is 20.1 Å². The Morgan fingerprint density at radius 3 is 2.47 bits per heavy atom. The van der Waals surface area contributed by atoms with Crippen molar-refractivity contribution in [3.63, 3.8) is 0 Å².